The van der Waals surface area contributed by atoms with Gasteiger partial charge < -0.3 is 5.32 Å². The Labute approximate surface area is 73.6 Å². The van der Waals surface area contributed by atoms with Crippen LogP contribution in [0.15, 0.2) is 18.5 Å². The molecule has 13 heavy (non-hydrogen) atoms. The first-order valence-electron chi connectivity index (χ1n) is 3.71. The zero-order chi connectivity index (χ0) is 9.26. The first kappa shape index (κ1) is 7.66. The van der Waals surface area contributed by atoms with Crippen LogP contribution in [0.1, 0.15) is 10.6 Å². The normalized spacial score (nSPS) is 10.2. The average Bonchev–Trinajstić information content (AvgIpc) is 2.60. The van der Waals surface area contributed by atoms with Crippen molar-refractivity contribution in [3.63, 3.8) is 0 Å². The lowest BCUT2D eigenvalue weighted by Gasteiger charge is -1.95. The minimum atomic E-state index is -0.277. The van der Waals surface area contributed by atoms with Crippen LogP contribution in [0.5, 0.6) is 0 Å². The Morgan fingerprint density at radius 1 is 1.54 bits per heavy atom. The van der Waals surface area contributed by atoms with Gasteiger partial charge >= 0.3 is 0 Å². The standard InChI is InChI=1S/C7H7N5O/c1-8-6(13)5-10-11-7-9-3-2-4-12(5)7/h2-4H,1H3,(H,8,13). The molecule has 0 aliphatic rings. The lowest BCUT2D eigenvalue weighted by molar-refractivity contribution is 0.0951. The molecule has 0 saturated heterocycles. The summed E-state index contributed by atoms with van der Waals surface area (Å²) in [5.74, 6) is 0.382. The predicted molar refractivity (Wildman–Crippen MR) is 44.2 cm³/mol. The number of nitrogens with zero attached hydrogens (tertiary/aromatic N) is 4. The van der Waals surface area contributed by atoms with Crippen molar-refractivity contribution in [3.8, 4) is 0 Å². The van der Waals surface area contributed by atoms with E-state index in [4.69, 9.17) is 0 Å². The summed E-state index contributed by atoms with van der Waals surface area (Å²) >= 11 is 0. The molecule has 0 aliphatic carbocycles. The van der Waals surface area contributed by atoms with Crippen LogP contribution < -0.4 is 5.32 Å². The number of carbonyl (C=O) groups is 1. The molecule has 0 atom stereocenters. The fraction of sp³-hybridized carbons (Fsp3) is 0.143. The molecule has 1 N–H and O–H groups in total. The number of hydrogen-bond acceptors (Lipinski definition) is 4. The van der Waals surface area contributed by atoms with Gasteiger partial charge in [-0.3, -0.25) is 9.20 Å². The Morgan fingerprint density at radius 3 is 3.15 bits per heavy atom. The molecule has 6 heteroatoms. The molecule has 0 aromatic carbocycles. The molecule has 2 aromatic heterocycles. The number of amides is 1. The van der Waals surface area contributed by atoms with Gasteiger partial charge in [0.2, 0.25) is 5.82 Å². The van der Waals surface area contributed by atoms with Gasteiger partial charge in [-0.15, -0.1) is 10.2 Å². The van der Waals surface area contributed by atoms with E-state index in [-0.39, 0.29) is 11.7 Å². The number of rotatable bonds is 1. The highest BCUT2D eigenvalue weighted by atomic mass is 16.2. The lowest BCUT2D eigenvalue weighted by atomic mass is 10.5. The molecule has 0 aliphatic heterocycles. The highest BCUT2D eigenvalue weighted by Crippen LogP contribution is 1.98. The van der Waals surface area contributed by atoms with Crippen molar-refractivity contribution >= 4 is 11.7 Å². The summed E-state index contributed by atoms with van der Waals surface area (Å²) in [5.41, 5.74) is 0. The Bertz CT molecular complexity index is 449. The Balaban J connectivity index is 2.64. The van der Waals surface area contributed by atoms with Crippen molar-refractivity contribution < 1.29 is 4.79 Å². The molecule has 6 nitrogen and oxygen atoms in total. The van der Waals surface area contributed by atoms with E-state index >= 15 is 0 Å². The minimum Gasteiger partial charge on any atom is -0.352 e. The maximum absolute atomic E-state index is 11.2. The van der Waals surface area contributed by atoms with Gasteiger partial charge in [-0.25, -0.2) is 4.98 Å². The molecule has 0 fully saturated rings. The van der Waals surface area contributed by atoms with Gasteiger partial charge in [0.15, 0.2) is 0 Å². The molecule has 0 saturated carbocycles. The third kappa shape index (κ3) is 1.12. The van der Waals surface area contributed by atoms with Crippen LogP contribution in [0.2, 0.25) is 0 Å². The third-order valence-electron chi connectivity index (χ3n) is 1.62. The van der Waals surface area contributed by atoms with Crippen molar-refractivity contribution in [1.29, 1.82) is 0 Å². The maximum atomic E-state index is 11.2. The van der Waals surface area contributed by atoms with Gasteiger partial charge in [0.05, 0.1) is 0 Å². The Hall–Kier alpha value is -1.98. The second-order valence-electron chi connectivity index (χ2n) is 2.39. The quantitative estimate of drug-likeness (QED) is 0.636. The highest BCUT2D eigenvalue weighted by molar-refractivity contribution is 5.90. The van der Waals surface area contributed by atoms with Crippen molar-refractivity contribution in [2.24, 2.45) is 0 Å². The first-order chi connectivity index (χ1) is 6.33. The molecule has 2 heterocycles. The van der Waals surface area contributed by atoms with Crippen LogP contribution in [-0.2, 0) is 0 Å². The Kier molecular flexibility index (Phi) is 1.66. The molecular formula is C7H7N5O. The van der Waals surface area contributed by atoms with Gasteiger partial charge in [-0.05, 0) is 6.07 Å². The summed E-state index contributed by atoms with van der Waals surface area (Å²) < 4.78 is 1.53. The van der Waals surface area contributed by atoms with Gasteiger partial charge in [-0.2, -0.15) is 0 Å². The summed E-state index contributed by atoms with van der Waals surface area (Å²) in [4.78, 5) is 15.2. The number of nitrogens with one attached hydrogen (secondary N) is 1. The predicted octanol–water partition coefficient (Wildman–Crippen LogP) is -0.516. The SMILES string of the molecule is CNC(=O)c1nnc2ncccn12. The van der Waals surface area contributed by atoms with Crippen molar-refractivity contribution in [2.75, 3.05) is 7.05 Å². The van der Waals surface area contributed by atoms with Crippen molar-refractivity contribution in [1.82, 2.24) is 24.9 Å². The van der Waals surface area contributed by atoms with Gasteiger partial charge in [-0.1, -0.05) is 0 Å². The highest BCUT2D eigenvalue weighted by Gasteiger charge is 2.11. The second-order valence-corrected chi connectivity index (χ2v) is 2.39. The van der Waals surface area contributed by atoms with Gasteiger partial charge in [0, 0.05) is 19.4 Å². The molecule has 66 valence electrons. The van der Waals surface area contributed by atoms with Gasteiger partial charge in [0.1, 0.15) is 0 Å². The van der Waals surface area contributed by atoms with Crippen LogP contribution in [-0.4, -0.2) is 32.5 Å². The second kappa shape index (κ2) is 2.81. The summed E-state index contributed by atoms with van der Waals surface area (Å²) in [7, 11) is 1.54. The van der Waals surface area contributed by atoms with E-state index in [1.807, 2.05) is 0 Å². The van der Waals surface area contributed by atoms with Crippen LogP contribution in [0.3, 0.4) is 0 Å². The van der Waals surface area contributed by atoms with Crippen LogP contribution in [0.25, 0.3) is 5.78 Å². The molecule has 2 aromatic rings. The van der Waals surface area contributed by atoms with E-state index < -0.39 is 0 Å². The average molecular weight is 177 g/mol. The van der Waals surface area contributed by atoms with Crippen LogP contribution in [0, 0.1) is 0 Å². The number of hydrogen-bond donors (Lipinski definition) is 1. The molecular weight excluding hydrogens is 170 g/mol. The summed E-state index contributed by atoms with van der Waals surface area (Å²) in [6.07, 6.45) is 3.28. The molecule has 0 spiro atoms. The number of aromatic nitrogens is 4. The van der Waals surface area contributed by atoms with Crippen LogP contribution in [0.4, 0.5) is 0 Å². The van der Waals surface area contributed by atoms with E-state index in [1.165, 1.54) is 4.40 Å². The Morgan fingerprint density at radius 2 is 2.38 bits per heavy atom. The van der Waals surface area contributed by atoms with Crippen LogP contribution >= 0.6 is 0 Å². The lowest BCUT2D eigenvalue weighted by Crippen LogP contribution is -2.20. The van der Waals surface area contributed by atoms with Crippen molar-refractivity contribution in [3.05, 3.63) is 24.3 Å². The van der Waals surface area contributed by atoms with Gasteiger partial charge in [0.25, 0.3) is 11.7 Å². The summed E-state index contributed by atoms with van der Waals surface area (Å²) in [6, 6.07) is 1.71. The smallest absolute Gasteiger partial charge is 0.289 e. The summed E-state index contributed by atoms with van der Waals surface area (Å²) in [5, 5.41) is 9.90. The fourth-order valence-electron chi connectivity index (χ4n) is 1.01. The van der Waals surface area contributed by atoms with E-state index in [0.717, 1.165) is 0 Å². The maximum Gasteiger partial charge on any atom is 0.289 e. The third-order valence-corrected chi connectivity index (χ3v) is 1.62. The van der Waals surface area contributed by atoms with E-state index in [0.29, 0.717) is 5.78 Å². The minimum absolute atomic E-state index is 0.241. The number of carbonyl (C=O) groups excluding carboxylic acids is 1. The summed E-state index contributed by atoms with van der Waals surface area (Å²) in [6.45, 7) is 0. The first-order valence-corrected chi connectivity index (χ1v) is 3.71. The zero-order valence-corrected chi connectivity index (χ0v) is 6.93. The van der Waals surface area contributed by atoms with E-state index in [9.17, 15) is 4.79 Å². The monoisotopic (exact) mass is 177 g/mol. The molecule has 1 amide bonds. The molecule has 0 bridgehead atoms. The molecule has 2 rings (SSSR count). The van der Waals surface area contributed by atoms with E-state index in [1.54, 1.807) is 25.5 Å². The largest absolute Gasteiger partial charge is 0.352 e. The number of fused-ring (bicyclic) bond motifs is 1. The molecule has 0 radical (unpaired) electrons. The topological polar surface area (TPSA) is 72.2 Å². The molecule has 0 unspecified atom stereocenters. The van der Waals surface area contributed by atoms with Crippen molar-refractivity contribution in [2.45, 2.75) is 0 Å². The van der Waals surface area contributed by atoms with E-state index in [2.05, 4.69) is 20.5 Å². The zero-order valence-electron chi connectivity index (χ0n) is 6.93. The fourth-order valence-corrected chi connectivity index (χ4v) is 1.01.